The van der Waals surface area contributed by atoms with Crippen LogP contribution in [0.4, 0.5) is 5.69 Å². The van der Waals surface area contributed by atoms with Gasteiger partial charge in [-0.05, 0) is 55.9 Å². The van der Waals surface area contributed by atoms with Crippen molar-refractivity contribution < 1.29 is 0 Å². The van der Waals surface area contributed by atoms with E-state index in [1.165, 1.54) is 28.8 Å². The molecule has 1 heterocycles. The first kappa shape index (κ1) is 14.2. The lowest BCUT2D eigenvalue weighted by Gasteiger charge is -2.47. The van der Waals surface area contributed by atoms with Crippen molar-refractivity contribution in [2.75, 3.05) is 4.90 Å². The molecule has 1 heteroatoms. The Balaban J connectivity index is 2.03. The Morgan fingerprint density at radius 1 is 1.05 bits per heavy atom. The van der Waals surface area contributed by atoms with Gasteiger partial charge in [0.1, 0.15) is 0 Å². The highest BCUT2D eigenvalue weighted by Crippen LogP contribution is 2.43. The van der Waals surface area contributed by atoms with Gasteiger partial charge in [0.05, 0.1) is 0 Å². The van der Waals surface area contributed by atoms with Gasteiger partial charge in [0.25, 0.3) is 0 Å². The van der Waals surface area contributed by atoms with Crippen LogP contribution in [0.3, 0.4) is 0 Å². The Labute approximate surface area is 128 Å². The molecular weight excluding hydrogens is 254 g/mol. The van der Waals surface area contributed by atoms with Gasteiger partial charge < -0.3 is 4.90 Å². The molecular formula is C20H25N. The monoisotopic (exact) mass is 279 g/mol. The summed E-state index contributed by atoms with van der Waals surface area (Å²) in [4.78, 5) is 2.59. The molecule has 2 aromatic carbocycles. The number of hydrogen-bond donors (Lipinski definition) is 0. The summed E-state index contributed by atoms with van der Waals surface area (Å²) in [6.45, 7) is 10.3. The summed E-state index contributed by atoms with van der Waals surface area (Å²) >= 11 is 0. The zero-order chi connectivity index (χ0) is 15.0. The van der Waals surface area contributed by atoms with Crippen LogP contribution in [0.5, 0.6) is 0 Å². The number of rotatable bonds is 2. The third-order valence-electron chi connectivity index (χ3n) is 4.88. The molecule has 1 nitrogen and oxygen atoms in total. The fourth-order valence-corrected chi connectivity index (χ4v) is 3.70. The lowest BCUT2D eigenvalue weighted by atomic mass is 9.80. The van der Waals surface area contributed by atoms with Crippen LogP contribution < -0.4 is 4.90 Å². The Bertz CT molecular complexity index is 642. The van der Waals surface area contributed by atoms with Crippen molar-refractivity contribution in [3.05, 3.63) is 65.2 Å². The largest absolute Gasteiger partial charge is 0.362 e. The molecule has 0 saturated carbocycles. The Hall–Kier alpha value is -1.76. The molecule has 0 saturated heterocycles. The fourth-order valence-electron chi connectivity index (χ4n) is 3.70. The van der Waals surface area contributed by atoms with E-state index in [9.17, 15) is 0 Å². The molecule has 1 unspecified atom stereocenters. The van der Waals surface area contributed by atoms with E-state index in [1.54, 1.807) is 0 Å². The van der Waals surface area contributed by atoms with E-state index in [-0.39, 0.29) is 5.54 Å². The van der Waals surface area contributed by atoms with Crippen LogP contribution in [0, 0.1) is 6.92 Å². The van der Waals surface area contributed by atoms with Crippen molar-refractivity contribution >= 4 is 5.69 Å². The van der Waals surface area contributed by atoms with Gasteiger partial charge in [-0.3, -0.25) is 0 Å². The van der Waals surface area contributed by atoms with E-state index < -0.39 is 0 Å². The van der Waals surface area contributed by atoms with Crippen LogP contribution in [0.2, 0.25) is 0 Å². The molecule has 0 spiro atoms. The van der Waals surface area contributed by atoms with Gasteiger partial charge in [0.2, 0.25) is 0 Å². The maximum absolute atomic E-state index is 2.59. The van der Waals surface area contributed by atoms with Gasteiger partial charge in [-0.25, -0.2) is 0 Å². The highest BCUT2D eigenvalue weighted by molar-refractivity contribution is 5.60. The second-order valence-electron chi connectivity index (χ2n) is 6.99. The summed E-state index contributed by atoms with van der Waals surface area (Å²) in [6, 6.07) is 17.6. The van der Waals surface area contributed by atoms with Gasteiger partial charge in [-0.1, -0.05) is 49.4 Å². The Morgan fingerprint density at radius 3 is 2.48 bits per heavy atom. The lowest BCUT2D eigenvalue weighted by Crippen LogP contribution is -2.47. The summed E-state index contributed by atoms with van der Waals surface area (Å²) in [6.07, 6.45) is 1.20. The molecule has 2 aromatic rings. The van der Waals surface area contributed by atoms with E-state index >= 15 is 0 Å². The van der Waals surface area contributed by atoms with Gasteiger partial charge in [0.15, 0.2) is 0 Å². The predicted molar refractivity (Wildman–Crippen MR) is 90.9 cm³/mol. The highest BCUT2D eigenvalue weighted by atomic mass is 15.2. The summed E-state index contributed by atoms with van der Waals surface area (Å²) in [5.74, 6) is 0.629. The van der Waals surface area contributed by atoms with Crippen LogP contribution in [0.15, 0.2) is 48.5 Å². The second kappa shape index (κ2) is 5.22. The van der Waals surface area contributed by atoms with Crippen LogP contribution in [-0.2, 0) is 6.54 Å². The van der Waals surface area contributed by atoms with Gasteiger partial charge >= 0.3 is 0 Å². The van der Waals surface area contributed by atoms with Crippen LogP contribution in [-0.4, -0.2) is 5.54 Å². The molecule has 0 aromatic heterocycles. The number of aryl methyl sites for hydroxylation is 1. The molecule has 1 atom stereocenters. The van der Waals surface area contributed by atoms with Gasteiger partial charge in [0, 0.05) is 17.8 Å². The van der Waals surface area contributed by atoms with Crippen molar-refractivity contribution in [1.29, 1.82) is 0 Å². The molecule has 0 amide bonds. The fraction of sp³-hybridized carbons (Fsp3) is 0.400. The van der Waals surface area contributed by atoms with Crippen LogP contribution in [0.1, 0.15) is 49.8 Å². The molecule has 110 valence electrons. The number of para-hydroxylation sites is 1. The first-order valence-corrected chi connectivity index (χ1v) is 7.90. The van der Waals surface area contributed by atoms with Crippen molar-refractivity contribution in [1.82, 2.24) is 0 Å². The van der Waals surface area contributed by atoms with E-state index in [0.717, 1.165) is 6.54 Å². The molecule has 3 rings (SSSR count). The standard InChI is InChI=1S/C20H25N/c1-15-9-5-6-10-17(15)14-21-19-12-8-7-11-18(19)16(2)13-20(21,3)4/h5-12,16H,13-14H2,1-4H3. The smallest absolute Gasteiger partial charge is 0.0437 e. The molecule has 1 aliphatic heterocycles. The van der Waals surface area contributed by atoms with Gasteiger partial charge in [-0.15, -0.1) is 0 Å². The first-order valence-electron chi connectivity index (χ1n) is 7.90. The normalized spacial score (nSPS) is 20.2. The van der Waals surface area contributed by atoms with Crippen molar-refractivity contribution in [3.63, 3.8) is 0 Å². The minimum absolute atomic E-state index is 0.191. The van der Waals surface area contributed by atoms with E-state index in [1.807, 2.05) is 0 Å². The molecule has 0 aliphatic carbocycles. The molecule has 1 aliphatic rings. The average molecular weight is 279 g/mol. The molecule has 0 bridgehead atoms. The number of anilines is 1. The number of nitrogens with zero attached hydrogens (tertiary/aromatic N) is 1. The maximum atomic E-state index is 2.59. The topological polar surface area (TPSA) is 3.24 Å². The molecule has 0 N–H and O–H groups in total. The predicted octanol–water partition coefficient (Wildman–Crippen LogP) is 5.29. The van der Waals surface area contributed by atoms with Crippen LogP contribution in [0.25, 0.3) is 0 Å². The van der Waals surface area contributed by atoms with E-state index in [2.05, 4.69) is 81.1 Å². The summed E-state index contributed by atoms with van der Waals surface area (Å²) < 4.78 is 0. The molecule has 0 radical (unpaired) electrons. The van der Waals surface area contributed by atoms with Crippen molar-refractivity contribution in [3.8, 4) is 0 Å². The van der Waals surface area contributed by atoms with E-state index in [0.29, 0.717) is 5.92 Å². The number of hydrogen-bond acceptors (Lipinski definition) is 1. The molecule has 0 fully saturated rings. The molecule has 21 heavy (non-hydrogen) atoms. The Kier molecular flexibility index (Phi) is 3.52. The van der Waals surface area contributed by atoms with E-state index in [4.69, 9.17) is 0 Å². The summed E-state index contributed by atoms with van der Waals surface area (Å²) in [7, 11) is 0. The van der Waals surface area contributed by atoms with Crippen LogP contribution >= 0.6 is 0 Å². The third-order valence-corrected chi connectivity index (χ3v) is 4.88. The quantitative estimate of drug-likeness (QED) is 0.722. The zero-order valence-electron chi connectivity index (χ0n) is 13.6. The Morgan fingerprint density at radius 2 is 1.71 bits per heavy atom. The third kappa shape index (κ3) is 2.57. The lowest BCUT2D eigenvalue weighted by molar-refractivity contribution is 0.374. The summed E-state index contributed by atoms with van der Waals surface area (Å²) in [5.41, 5.74) is 5.89. The average Bonchev–Trinajstić information content (AvgIpc) is 2.45. The number of fused-ring (bicyclic) bond motifs is 1. The van der Waals surface area contributed by atoms with Crippen molar-refractivity contribution in [2.45, 2.75) is 52.1 Å². The zero-order valence-corrected chi connectivity index (χ0v) is 13.6. The van der Waals surface area contributed by atoms with Gasteiger partial charge in [-0.2, -0.15) is 0 Å². The maximum Gasteiger partial charge on any atom is 0.0437 e. The minimum atomic E-state index is 0.191. The van der Waals surface area contributed by atoms with Crippen molar-refractivity contribution in [2.24, 2.45) is 0 Å². The minimum Gasteiger partial charge on any atom is -0.362 e. The first-order chi connectivity index (χ1) is 9.99. The number of benzene rings is 2. The SMILES string of the molecule is Cc1ccccc1CN1c2ccccc2C(C)CC1(C)C. The summed E-state index contributed by atoms with van der Waals surface area (Å²) in [5, 5.41) is 0. The highest BCUT2D eigenvalue weighted by Gasteiger charge is 2.36. The second-order valence-corrected chi connectivity index (χ2v) is 6.99.